The fraction of sp³-hybridized carbons (Fsp3) is 0.853. The molecule has 462 valence electrons. The quantitative estimate of drug-likeness (QED) is 0.0195. The highest BCUT2D eigenvalue weighted by atomic mass is 16.7. The number of allylic oxidation sites excluding steroid dienone is 7. The fourth-order valence-corrected chi connectivity index (χ4v) is 10.4. The molecule has 1 saturated heterocycles. The van der Waals surface area contributed by atoms with Gasteiger partial charge in [-0.3, -0.25) is 9.59 Å². The molecule has 1 fully saturated rings. The summed E-state index contributed by atoms with van der Waals surface area (Å²) in [7, 11) is 0. The Hall–Kier alpha value is -2.38. The molecule has 0 bridgehead atoms. The van der Waals surface area contributed by atoms with E-state index in [9.17, 15) is 35.1 Å². The highest BCUT2D eigenvalue weighted by molar-refractivity contribution is 5.80. The van der Waals surface area contributed by atoms with Crippen LogP contribution in [0.4, 0.5) is 0 Å². The van der Waals surface area contributed by atoms with Gasteiger partial charge in [-0.2, -0.15) is 0 Å². The minimum atomic E-state index is -1.61. The predicted molar refractivity (Wildman–Crippen MR) is 329 cm³/mol. The number of nitrogens with one attached hydrogen (secondary N) is 1. The maximum absolute atomic E-state index is 13.4. The molecule has 8 unspecified atom stereocenters. The van der Waals surface area contributed by atoms with Crippen LogP contribution in [0.15, 0.2) is 48.6 Å². The molecular weight excluding hydrogens is 991 g/mol. The molecule has 1 heterocycles. The lowest BCUT2D eigenvalue weighted by atomic mass is 9.99. The monoisotopic (exact) mass is 1120 g/mol. The standard InChI is InChI=1S/C68H125NO10/c1-4-7-10-13-16-19-22-24-26-28-29-30-31-32-33-34-36-38-41-44-47-50-53-56-63(73)79-66-65(75)64(74)62(57-70)78-68(66)77-58-59(60(71)54-51-48-45-42-39-21-18-15-12-9-6-3)69-67(76)61(72)55-52-49-46-43-40-37-35-27-25-23-20-17-14-11-8-5-2/h16,19,24-27,51,54,59-62,64-66,68,70-72,74-75H,4-15,17-18,20-23,28-50,52-53,55-58H2,1-3H3,(H,69,76)/b19-16-,26-24-,27-25+,54-51+. The Morgan fingerprint density at radius 1 is 0.494 bits per heavy atom. The van der Waals surface area contributed by atoms with Crippen LogP contribution in [0.25, 0.3) is 0 Å². The summed E-state index contributed by atoms with van der Waals surface area (Å²) in [5.41, 5.74) is 0. The fourth-order valence-electron chi connectivity index (χ4n) is 10.4. The van der Waals surface area contributed by atoms with E-state index in [1.54, 1.807) is 6.08 Å². The summed E-state index contributed by atoms with van der Waals surface area (Å²) >= 11 is 0. The SMILES string of the molecule is CCCCC/C=C\C/C=C\CCCCCCCCCCCCCCCC(=O)OC1C(OCC(NC(=O)C(O)CCCCCCCC/C=C/CCCCCCCC)C(O)/C=C/CCCCCCCCCCC)OC(CO)C(O)C1O. The first-order valence-electron chi connectivity index (χ1n) is 33.4. The van der Waals surface area contributed by atoms with Gasteiger partial charge in [0.1, 0.15) is 24.4 Å². The molecule has 1 rings (SSSR count). The number of aliphatic hydroxyl groups excluding tert-OH is 5. The van der Waals surface area contributed by atoms with Crippen molar-refractivity contribution in [3.63, 3.8) is 0 Å². The van der Waals surface area contributed by atoms with Gasteiger partial charge in [-0.05, 0) is 83.5 Å². The zero-order chi connectivity index (χ0) is 57.5. The summed E-state index contributed by atoms with van der Waals surface area (Å²) in [6.07, 6.45) is 58.6. The van der Waals surface area contributed by atoms with E-state index < -0.39 is 67.4 Å². The molecule has 0 aliphatic carbocycles. The summed E-state index contributed by atoms with van der Waals surface area (Å²) in [6.45, 7) is 5.78. The number of rotatable bonds is 57. The average Bonchev–Trinajstić information content (AvgIpc) is 3.47. The number of amides is 1. The van der Waals surface area contributed by atoms with Crippen LogP contribution >= 0.6 is 0 Å². The molecular formula is C68H125NO10. The Morgan fingerprint density at radius 3 is 1.33 bits per heavy atom. The number of hydrogen-bond donors (Lipinski definition) is 6. The van der Waals surface area contributed by atoms with Crippen LogP contribution in [0.3, 0.4) is 0 Å². The van der Waals surface area contributed by atoms with E-state index in [1.165, 1.54) is 186 Å². The summed E-state index contributed by atoms with van der Waals surface area (Å²) in [4.78, 5) is 26.6. The van der Waals surface area contributed by atoms with Crippen molar-refractivity contribution in [3.8, 4) is 0 Å². The van der Waals surface area contributed by atoms with Gasteiger partial charge in [-0.25, -0.2) is 0 Å². The van der Waals surface area contributed by atoms with Crippen LogP contribution in [-0.2, 0) is 23.8 Å². The van der Waals surface area contributed by atoms with Crippen molar-refractivity contribution >= 4 is 11.9 Å². The predicted octanol–water partition coefficient (Wildman–Crippen LogP) is 16.4. The zero-order valence-corrected chi connectivity index (χ0v) is 51.2. The summed E-state index contributed by atoms with van der Waals surface area (Å²) in [6, 6.07) is -1.02. The van der Waals surface area contributed by atoms with Gasteiger partial charge in [0.25, 0.3) is 0 Å². The maximum atomic E-state index is 13.4. The largest absolute Gasteiger partial charge is 0.454 e. The second-order valence-corrected chi connectivity index (χ2v) is 23.2. The van der Waals surface area contributed by atoms with E-state index in [0.717, 1.165) is 77.0 Å². The summed E-state index contributed by atoms with van der Waals surface area (Å²) in [5.74, 6) is -1.19. The Kier molecular flexibility index (Phi) is 53.0. The van der Waals surface area contributed by atoms with Crippen molar-refractivity contribution in [2.24, 2.45) is 0 Å². The molecule has 6 N–H and O–H groups in total. The Balaban J connectivity index is 2.59. The first kappa shape index (κ1) is 74.6. The molecule has 11 nitrogen and oxygen atoms in total. The van der Waals surface area contributed by atoms with E-state index in [-0.39, 0.29) is 19.4 Å². The van der Waals surface area contributed by atoms with Crippen molar-refractivity contribution in [1.82, 2.24) is 5.32 Å². The molecule has 1 aliphatic heterocycles. The molecule has 0 spiro atoms. The van der Waals surface area contributed by atoms with Crippen LogP contribution in [0.1, 0.15) is 310 Å². The molecule has 1 aliphatic rings. The Bertz CT molecular complexity index is 1470. The maximum Gasteiger partial charge on any atom is 0.306 e. The first-order valence-corrected chi connectivity index (χ1v) is 33.4. The van der Waals surface area contributed by atoms with E-state index in [2.05, 4.69) is 62.5 Å². The number of hydrogen-bond acceptors (Lipinski definition) is 10. The lowest BCUT2D eigenvalue weighted by molar-refractivity contribution is -0.305. The molecule has 79 heavy (non-hydrogen) atoms. The van der Waals surface area contributed by atoms with Crippen LogP contribution in [-0.4, -0.2) is 99.6 Å². The van der Waals surface area contributed by atoms with Crippen molar-refractivity contribution in [2.45, 2.75) is 359 Å². The third-order valence-corrected chi connectivity index (χ3v) is 15.7. The second kappa shape index (κ2) is 56.1. The molecule has 0 aromatic rings. The number of unbranched alkanes of at least 4 members (excludes halogenated alkanes) is 37. The van der Waals surface area contributed by atoms with Gasteiger partial charge >= 0.3 is 5.97 Å². The Morgan fingerprint density at radius 2 is 0.873 bits per heavy atom. The van der Waals surface area contributed by atoms with Crippen LogP contribution < -0.4 is 5.32 Å². The molecule has 0 radical (unpaired) electrons. The van der Waals surface area contributed by atoms with E-state index in [0.29, 0.717) is 12.8 Å². The molecule has 1 amide bonds. The van der Waals surface area contributed by atoms with E-state index >= 15 is 0 Å². The minimum Gasteiger partial charge on any atom is -0.454 e. The van der Waals surface area contributed by atoms with Crippen LogP contribution in [0.2, 0.25) is 0 Å². The third kappa shape index (κ3) is 43.9. The van der Waals surface area contributed by atoms with Gasteiger partial charge < -0.3 is 45.1 Å². The van der Waals surface area contributed by atoms with Crippen LogP contribution in [0, 0.1) is 0 Å². The lowest BCUT2D eigenvalue weighted by Crippen LogP contribution is -2.61. The number of aliphatic hydroxyl groups is 5. The van der Waals surface area contributed by atoms with Gasteiger partial charge in [0.2, 0.25) is 5.91 Å². The van der Waals surface area contributed by atoms with Crippen molar-refractivity contribution in [3.05, 3.63) is 48.6 Å². The number of carbonyl (C=O) groups is 2. The lowest BCUT2D eigenvalue weighted by Gasteiger charge is -2.41. The van der Waals surface area contributed by atoms with Gasteiger partial charge in [-0.15, -0.1) is 0 Å². The molecule has 0 aromatic heterocycles. The highest BCUT2D eigenvalue weighted by Crippen LogP contribution is 2.26. The van der Waals surface area contributed by atoms with Gasteiger partial charge in [-0.1, -0.05) is 268 Å². The molecule has 0 aromatic carbocycles. The van der Waals surface area contributed by atoms with Crippen LogP contribution in [0.5, 0.6) is 0 Å². The van der Waals surface area contributed by atoms with Crippen molar-refractivity contribution < 1.29 is 49.3 Å². The minimum absolute atomic E-state index is 0.123. The normalized spacial score (nSPS) is 19.1. The smallest absolute Gasteiger partial charge is 0.306 e. The third-order valence-electron chi connectivity index (χ3n) is 15.7. The van der Waals surface area contributed by atoms with E-state index in [4.69, 9.17) is 14.2 Å². The highest BCUT2D eigenvalue weighted by Gasteiger charge is 2.47. The van der Waals surface area contributed by atoms with Crippen molar-refractivity contribution in [2.75, 3.05) is 13.2 Å². The topological polar surface area (TPSA) is 175 Å². The number of esters is 1. The molecule has 11 heteroatoms. The first-order chi connectivity index (χ1) is 38.7. The summed E-state index contributed by atoms with van der Waals surface area (Å²) < 4.78 is 17.7. The van der Waals surface area contributed by atoms with Gasteiger partial charge in [0, 0.05) is 6.42 Å². The number of ether oxygens (including phenoxy) is 3. The number of carbonyl (C=O) groups excluding carboxylic acids is 2. The second-order valence-electron chi connectivity index (χ2n) is 23.2. The zero-order valence-electron chi connectivity index (χ0n) is 51.2. The van der Waals surface area contributed by atoms with Crippen molar-refractivity contribution in [1.29, 1.82) is 0 Å². The molecule has 0 saturated carbocycles. The Labute approximate surface area is 485 Å². The van der Waals surface area contributed by atoms with E-state index in [1.807, 2.05) is 6.08 Å². The van der Waals surface area contributed by atoms with Gasteiger partial charge in [0.05, 0.1) is 25.4 Å². The molecule has 8 atom stereocenters. The van der Waals surface area contributed by atoms with Gasteiger partial charge in [0.15, 0.2) is 12.4 Å². The average molecular weight is 1120 g/mol. The summed E-state index contributed by atoms with van der Waals surface area (Å²) in [5, 5.41) is 57.1.